The second-order valence-electron chi connectivity index (χ2n) is 5.07. The zero-order valence-corrected chi connectivity index (χ0v) is 11.9. The van der Waals surface area contributed by atoms with Crippen LogP contribution in [-0.2, 0) is 9.53 Å². The van der Waals surface area contributed by atoms with E-state index < -0.39 is 6.03 Å². The van der Waals surface area contributed by atoms with Crippen LogP contribution in [0.1, 0.15) is 13.8 Å². The van der Waals surface area contributed by atoms with Crippen LogP contribution in [0.25, 0.3) is 0 Å². The first-order valence-corrected chi connectivity index (χ1v) is 6.58. The highest BCUT2D eigenvalue weighted by Gasteiger charge is 2.17. The van der Waals surface area contributed by atoms with E-state index in [2.05, 4.69) is 16.0 Å². The minimum absolute atomic E-state index is 0.00671. The zero-order chi connectivity index (χ0) is 14.3. The topological polar surface area (TPSA) is 82.7 Å². The van der Waals surface area contributed by atoms with E-state index in [4.69, 9.17) is 4.74 Å². The lowest BCUT2D eigenvalue weighted by Crippen LogP contribution is -2.48. The van der Waals surface area contributed by atoms with E-state index in [0.717, 1.165) is 13.1 Å². The number of nitrogens with one attached hydrogen (secondary N) is 3. The highest BCUT2D eigenvalue weighted by molar-refractivity contribution is 5.95. The molecular formula is C12H24N4O3. The summed E-state index contributed by atoms with van der Waals surface area (Å²) >= 11 is 0. The lowest BCUT2D eigenvalue weighted by atomic mass is 10.3. The molecule has 1 aliphatic rings. The average molecular weight is 272 g/mol. The molecule has 0 aromatic heterocycles. The fraction of sp³-hybridized carbons (Fsp3) is 0.833. The Hall–Kier alpha value is -1.18. The van der Waals surface area contributed by atoms with Crippen LogP contribution in [0.4, 0.5) is 4.79 Å². The normalized spacial score (nSPS) is 19.5. The number of imide groups is 1. The third-order valence-electron chi connectivity index (χ3n) is 2.61. The van der Waals surface area contributed by atoms with Crippen molar-refractivity contribution in [3.63, 3.8) is 0 Å². The Kier molecular flexibility index (Phi) is 6.75. The van der Waals surface area contributed by atoms with E-state index >= 15 is 0 Å². The van der Waals surface area contributed by atoms with Crippen molar-refractivity contribution in [1.82, 2.24) is 20.9 Å². The Morgan fingerprint density at radius 1 is 1.47 bits per heavy atom. The average Bonchev–Trinajstić information content (AvgIpc) is 2.28. The van der Waals surface area contributed by atoms with Crippen molar-refractivity contribution in [3.05, 3.63) is 0 Å². The maximum absolute atomic E-state index is 11.6. The van der Waals surface area contributed by atoms with Crippen LogP contribution in [0.15, 0.2) is 0 Å². The molecular weight excluding hydrogens is 248 g/mol. The van der Waals surface area contributed by atoms with Gasteiger partial charge in [-0.3, -0.25) is 15.0 Å². The molecule has 7 nitrogen and oxygen atoms in total. The number of likely N-dealkylation sites (N-methyl/N-ethyl adjacent to an activating group) is 1. The molecule has 0 saturated carbocycles. The third-order valence-corrected chi connectivity index (χ3v) is 2.61. The number of rotatable bonds is 5. The molecule has 110 valence electrons. The Morgan fingerprint density at radius 2 is 2.21 bits per heavy atom. The lowest BCUT2D eigenvalue weighted by molar-refractivity contribution is -0.121. The van der Waals surface area contributed by atoms with Gasteiger partial charge >= 0.3 is 6.03 Å². The second kappa shape index (κ2) is 8.08. The number of morpholine rings is 1. The molecule has 0 aromatic rings. The van der Waals surface area contributed by atoms with Gasteiger partial charge in [0.05, 0.1) is 19.3 Å². The molecule has 0 aliphatic carbocycles. The number of urea groups is 1. The minimum Gasteiger partial charge on any atom is -0.374 e. The van der Waals surface area contributed by atoms with Crippen molar-refractivity contribution < 1.29 is 14.3 Å². The molecule has 0 aromatic carbocycles. The lowest BCUT2D eigenvalue weighted by Gasteiger charge is -2.27. The van der Waals surface area contributed by atoms with Crippen LogP contribution in [0.3, 0.4) is 0 Å². The van der Waals surface area contributed by atoms with Crippen LogP contribution in [-0.4, -0.2) is 68.8 Å². The summed E-state index contributed by atoms with van der Waals surface area (Å²) in [6.45, 7) is 6.86. The van der Waals surface area contributed by atoms with Crippen molar-refractivity contribution in [3.8, 4) is 0 Å². The van der Waals surface area contributed by atoms with Gasteiger partial charge < -0.3 is 15.4 Å². The van der Waals surface area contributed by atoms with Gasteiger partial charge in [0.15, 0.2) is 0 Å². The van der Waals surface area contributed by atoms with Crippen LogP contribution in [0.2, 0.25) is 0 Å². The molecule has 1 saturated heterocycles. The third kappa shape index (κ3) is 7.09. The van der Waals surface area contributed by atoms with Crippen LogP contribution < -0.4 is 16.0 Å². The molecule has 1 aliphatic heterocycles. The van der Waals surface area contributed by atoms with Crippen molar-refractivity contribution in [2.45, 2.75) is 26.0 Å². The number of carbonyl (C=O) groups is 2. The maximum Gasteiger partial charge on any atom is 0.321 e. The predicted octanol–water partition coefficient (Wildman–Crippen LogP) is -0.859. The first-order chi connectivity index (χ1) is 8.97. The molecule has 1 fully saturated rings. The summed E-state index contributed by atoms with van der Waals surface area (Å²) in [6, 6.07) is -0.448. The van der Waals surface area contributed by atoms with E-state index in [1.165, 1.54) is 0 Å². The van der Waals surface area contributed by atoms with E-state index in [1.807, 2.05) is 25.8 Å². The van der Waals surface area contributed by atoms with Gasteiger partial charge in [-0.15, -0.1) is 0 Å². The van der Waals surface area contributed by atoms with E-state index in [0.29, 0.717) is 13.2 Å². The Balaban J connectivity index is 2.21. The van der Waals surface area contributed by atoms with Crippen molar-refractivity contribution in [2.75, 3.05) is 39.8 Å². The number of hydrogen-bond acceptors (Lipinski definition) is 5. The first kappa shape index (κ1) is 15.9. The molecule has 1 atom stereocenters. The molecule has 1 rings (SSSR count). The number of amides is 3. The summed E-state index contributed by atoms with van der Waals surface area (Å²) in [4.78, 5) is 24.8. The number of ether oxygens (including phenoxy) is 1. The molecule has 0 radical (unpaired) electrons. The van der Waals surface area contributed by atoms with Gasteiger partial charge in [-0.2, -0.15) is 0 Å². The molecule has 19 heavy (non-hydrogen) atoms. The minimum atomic E-state index is -0.455. The van der Waals surface area contributed by atoms with Crippen molar-refractivity contribution in [2.24, 2.45) is 0 Å². The van der Waals surface area contributed by atoms with Crippen molar-refractivity contribution in [1.29, 1.82) is 0 Å². The first-order valence-electron chi connectivity index (χ1n) is 6.58. The predicted molar refractivity (Wildman–Crippen MR) is 71.9 cm³/mol. The van der Waals surface area contributed by atoms with Crippen LogP contribution in [0.5, 0.6) is 0 Å². The standard InChI is InChI=1S/C12H24N4O3/c1-9(2)14-12(18)15-11(17)8-16(3)7-10-6-13-4-5-19-10/h9-10,13H,4-8H2,1-3H3,(H2,14,15,17,18). The zero-order valence-electron chi connectivity index (χ0n) is 11.9. The van der Waals surface area contributed by atoms with E-state index in [1.54, 1.807) is 0 Å². The summed E-state index contributed by atoms with van der Waals surface area (Å²) in [6.07, 6.45) is 0.0936. The molecule has 1 heterocycles. The Morgan fingerprint density at radius 3 is 2.79 bits per heavy atom. The highest BCUT2D eigenvalue weighted by Crippen LogP contribution is 1.98. The van der Waals surface area contributed by atoms with Gasteiger partial charge in [0.2, 0.25) is 5.91 Å². The van der Waals surface area contributed by atoms with Gasteiger partial charge in [-0.05, 0) is 20.9 Å². The van der Waals surface area contributed by atoms with Crippen molar-refractivity contribution >= 4 is 11.9 Å². The molecule has 0 bridgehead atoms. The molecule has 3 N–H and O–H groups in total. The monoisotopic (exact) mass is 272 g/mol. The number of hydrogen-bond donors (Lipinski definition) is 3. The number of carbonyl (C=O) groups excluding carboxylic acids is 2. The molecule has 3 amide bonds. The molecule has 7 heteroatoms. The summed E-state index contributed by atoms with van der Waals surface area (Å²) in [5, 5.41) is 8.13. The van der Waals surface area contributed by atoms with Gasteiger partial charge in [0, 0.05) is 25.7 Å². The number of nitrogens with zero attached hydrogens (tertiary/aromatic N) is 1. The summed E-state index contributed by atoms with van der Waals surface area (Å²) in [5.41, 5.74) is 0. The summed E-state index contributed by atoms with van der Waals surface area (Å²) < 4.78 is 5.55. The highest BCUT2D eigenvalue weighted by atomic mass is 16.5. The van der Waals surface area contributed by atoms with E-state index in [-0.39, 0.29) is 24.6 Å². The van der Waals surface area contributed by atoms with Gasteiger partial charge in [0.25, 0.3) is 0 Å². The quantitative estimate of drug-likeness (QED) is 0.607. The maximum atomic E-state index is 11.6. The molecule has 1 unspecified atom stereocenters. The van der Waals surface area contributed by atoms with Gasteiger partial charge in [-0.25, -0.2) is 4.79 Å². The molecule has 0 spiro atoms. The Labute approximate surface area is 114 Å². The van der Waals surface area contributed by atoms with E-state index in [9.17, 15) is 9.59 Å². The van der Waals surface area contributed by atoms with Gasteiger partial charge in [0.1, 0.15) is 0 Å². The van der Waals surface area contributed by atoms with Crippen LogP contribution in [0, 0.1) is 0 Å². The van der Waals surface area contributed by atoms with Gasteiger partial charge in [-0.1, -0.05) is 0 Å². The second-order valence-corrected chi connectivity index (χ2v) is 5.07. The summed E-state index contributed by atoms with van der Waals surface area (Å²) in [7, 11) is 1.83. The fourth-order valence-electron chi connectivity index (χ4n) is 1.86. The SMILES string of the molecule is CC(C)NC(=O)NC(=O)CN(C)CC1CNCCO1. The smallest absolute Gasteiger partial charge is 0.321 e. The fourth-order valence-corrected chi connectivity index (χ4v) is 1.86. The largest absolute Gasteiger partial charge is 0.374 e. The summed E-state index contributed by atoms with van der Waals surface area (Å²) in [5.74, 6) is -0.315. The van der Waals surface area contributed by atoms with Crippen LogP contribution >= 0.6 is 0 Å². The Bertz CT molecular complexity index is 303.